The molecule has 0 radical (unpaired) electrons. The lowest BCUT2D eigenvalue weighted by Gasteiger charge is -2.38. The van der Waals surface area contributed by atoms with Gasteiger partial charge in [0.05, 0.1) is 24.1 Å². The van der Waals surface area contributed by atoms with E-state index in [4.69, 9.17) is 16.6 Å². The van der Waals surface area contributed by atoms with Crippen LogP contribution in [0.5, 0.6) is 0 Å². The molecule has 0 bridgehead atoms. The number of rotatable bonds is 10. The minimum absolute atomic E-state index is 0.00900. The molecule has 312 valence electrons. The normalized spacial score (nSPS) is 20.7. The summed E-state index contributed by atoms with van der Waals surface area (Å²) in [5.74, 6) is 1.84. The molecule has 12 nitrogen and oxygen atoms in total. The first-order valence-corrected chi connectivity index (χ1v) is 22.2. The summed E-state index contributed by atoms with van der Waals surface area (Å²) in [6, 6.07) is 4.01. The number of aryl methyl sites for hydroxylation is 1. The molecule has 1 saturated carbocycles. The summed E-state index contributed by atoms with van der Waals surface area (Å²) < 4.78 is 31.4. The summed E-state index contributed by atoms with van der Waals surface area (Å²) in [7, 11) is 0. The van der Waals surface area contributed by atoms with Gasteiger partial charge in [-0.2, -0.15) is 5.10 Å². The zero-order valence-corrected chi connectivity index (χ0v) is 34.5. The number of carbonyl (C=O) groups is 2. The second-order valence-corrected chi connectivity index (χ2v) is 17.7. The smallest absolute Gasteiger partial charge is 0.267 e. The molecule has 1 aromatic carbocycles. The molecule has 5 aliphatic rings. The van der Waals surface area contributed by atoms with Gasteiger partial charge < -0.3 is 36.4 Å². The van der Waals surface area contributed by atoms with Crippen molar-refractivity contribution in [3.8, 4) is 10.6 Å². The van der Waals surface area contributed by atoms with E-state index >= 15 is 0 Å². The van der Waals surface area contributed by atoms with Crippen LogP contribution in [-0.2, 0) is 29.0 Å². The van der Waals surface area contributed by atoms with E-state index in [0.717, 1.165) is 126 Å². The van der Waals surface area contributed by atoms with Crippen molar-refractivity contribution in [3.05, 3.63) is 69.8 Å². The first-order chi connectivity index (χ1) is 28.1. The molecule has 4 aliphatic heterocycles. The maximum atomic E-state index is 14.6. The Hall–Kier alpha value is -4.50. The predicted octanol–water partition coefficient (Wildman–Crippen LogP) is 6.37. The summed E-state index contributed by atoms with van der Waals surface area (Å²) in [6.07, 6.45) is 14.4. The van der Waals surface area contributed by atoms with Gasteiger partial charge in [-0.3, -0.25) is 14.3 Å². The Morgan fingerprint density at radius 2 is 1.71 bits per heavy atom. The van der Waals surface area contributed by atoms with Crippen LogP contribution >= 0.6 is 11.3 Å². The van der Waals surface area contributed by atoms with E-state index in [1.807, 2.05) is 16.3 Å². The number of hydrogen-bond acceptors (Lipinski definition) is 10. The highest BCUT2D eigenvalue weighted by molar-refractivity contribution is 7.13. The molecule has 2 amide bonds. The van der Waals surface area contributed by atoms with Crippen LogP contribution in [0.3, 0.4) is 0 Å². The Morgan fingerprint density at radius 1 is 0.931 bits per heavy atom. The van der Waals surface area contributed by atoms with Gasteiger partial charge in [0.2, 0.25) is 5.91 Å². The first kappa shape index (κ1) is 40.3. The largest absolute Gasteiger partial charge is 0.394 e. The number of thiazole rings is 1. The van der Waals surface area contributed by atoms with E-state index in [1.54, 1.807) is 31.3 Å². The number of nitrogens with two attached hydrogens (primary N) is 2. The number of allylic oxidation sites excluding steroid dienone is 2. The molecule has 3 aromatic rings. The van der Waals surface area contributed by atoms with Gasteiger partial charge in [-0.25, -0.2) is 13.8 Å². The fraction of sp³-hybridized carbons (Fsp3) is 0.581. The molecular formula is C43H58F2N10O2S. The van der Waals surface area contributed by atoms with Crippen molar-refractivity contribution in [1.29, 1.82) is 0 Å². The second-order valence-electron chi connectivity index (χ2n) is 16.8. The number of anilines is 2. The van der Waals surface area contributed by atoms with Crippen molar-refractivity contribution in [1.82, 2.24) is 34.8 Å². The zero-order chi connectivity index (χ0) is 40.3. The molecule has 0 unspecified atom stereocenters. The average molecular weight is 817 g/mol. The lowest BCUT2D eigenvalue weighted by atomic mass is 9.94. The molecule has 6 heterocycles. The number of nitrogens with zero attached hydrogens (tertiary/aromatic N) is 7. The lowest BCUT2D eigenvalue weighted by Crippen LogP contribution is -2.42. The zero-order valence-electron chi connectivity index (χ0n) is 33.7. The van der Waals surface area contributed by atoms with E-state index in [9.17, 15) is 18.4 Å². The topological polar surface area (TPSA) is 142 Å². The third kappa shape index (κ3) is 8.75. The minimum Gasteiger partial charge on any atom is -0.394 e. The molecule has 0 atom stereocenters. The van der Waals surface area contributed by atoms with E-state index < -0.39 is 6.43 Å². The quantitative estimate of drug-likeness (QED) is 0.157. The van der Waals surface area contributed by atoms with Gasteiger partial charge >= 0.3 is 0 Å². The summed E-state index contributed by atoms with van der Waals surface area (Å²) >= 11 is 1.37. The number of alkyl halides is 2. The lowest BCUT2D eigenvalue weighted by molar-refractivity contribution is -0.129. The molecule has 8 rings (SSSR count). The van der Waals surface area contributed by atoms with E-state index in [0.29, 0.717) is 41.9 Å². The van der Waals surface area contributed by atoms with Crippen molar-refractivity contribution in [2.24, 2.45) is 17.4 Å². The summed E-state index contributed by atoms with van der Waals surface area (Å²) in [5.41, 5.74) is 17.3. The van der Waals surface area contributed by atoms with Gasteiger partial charge in [0.1, 0.15) is 5.01 Å². The molecule has 0 spiro atoms. The van der Waals surface area contributed by atoms with E-state index in [2.05, 4.69) is 29.7 Å². The van der Waals surface area contributed by atoms with Crippen LogP contribution in [0.2, 0.25) is 0 Å². The number of nitrogens with one attached hydrogen (secondary N) is 1. The Kier molecular flexibility index (Phi) is 12.3. The number of likely N-dealkylation sites (tertiary alicyclic amines) is 2. The second kappa shape index (κ2) is 17.8. The van der Waals surface area contributed by atoms with Crippen LogP contribution in [0.4, 0.5) is 20.3 Å². The third-order valence-electron chi connectivity index (χ3n) is 13.1. The first-order valence-electron chi connectivity index (χ1n) is 21.3. The van der Waals surface area contributed by atoms with Crippen LogP contribution in [0.15, 0.2) is 47.4 Å². The number of halogens is 2. The molecule has 3 fully saturated rings. The van der Waals surface area contributed by atoms with Gasteiger partial charge in [0, 0.05) is 105 Å². The van der Waals surface area contributed by atoms with Gasteiger partial charge in [0.25, 0.3) is 12.3 Å². The number of aromatic nitrogens is 3. The highest BCUT2D eigenvalue weighted by Gasteiger charge is 2.35. The van der Waals surface area contributed by atoms with Crippen molar-refractivity contribution in [2.45, 2.75) is 109 Å². The monoisotopic (exact) mass is 816 g/mol. The van der Waals surface area contributed by atoms with Gasteiger partial charge in [-0.15, -0.1) is 11.3 Å². The maximum Gasteiger partial charge on any atom is 0.267 e. The third-order valence-corrected chi connectivity index (χ3v) is 13.9. The van der Waals surface area contributed by atoms with Crippen LogP contribution in [0, 0.1) is 5.92 Å². The van der Waals surface area contributed by atoms with Gasteiger partial charge in [-0.1, -0.05) is 19.3 Å². The molecule has 1 aliphatic carbocycles. The van der Waals surface area contributed by atoms with Crippen molar-refractivity contribution >= 4 is 34.7 Å². The highest BCUT2D eigenvalue weighted by atomic mass is 32.1. The molecule has 2 aromatic heterocycles. The number of hydrogen-bond donors (Lipinski definition) is 3. The van der Waals surface area contributed by atoms with Crippen molar-refractivity contribution in [3.63, 3.8) is 0 Å². The molecule has 5 N–H and O–H groups in total. The fourth-order valence-corrected chi connectivity index (χ4v) is 10.4. The minimum atomic E-state index is -2.64. The van der Waals surface area contributed by atoms with Crippen molar-refractivity contribution < 1.29 is 18.4 Å². The molecule has 15 heteroatoms. The Balaban J connectivity index is 0.910. The SMILES string of the molecule is CC(=O)N1CCc2c(c(N3CCCc4cc(-c5nccs5)c(C(F)F)cc43)nn2C2CCN(CC3CCN(/C(N)=C/C=C(\N)C(=O)NC4CCCCC4)CC3)CC2)C1. The molecule has 2 saturated heterocycles. The fourth-order valence-electron chi connectivity index (χ4n) is 9.76. The van der Waals surface area contributed by atoms with Gasteiger partial charge in [0.15, 0.2) is 5.82 Å². The summed E-state index contributed by atoms with van der Waals surface area (Å²) in [5, 5.41) is 10.8. The average Bonchev–Trinajstić information content (AvgIpc) is 3.92. The molecular weight excluding hydrogens is 759 g/mol. The number of benzene rings is 1. The van der Waals surface area contributed by atoms with Gasteiger partial charge in [-0.05, 0) is 87.1 Å². The van der Waals surface area contributed by atoms with Crippen LogP contribution in [0.25, 0.3) is 10.6 Å². The summed E-state index contributed by atoms with van der Waals surface area (Å²) in [6.45, 7) is 8.16. The number of piperidine rings is 2. The van der Waals surface area contributed by atoms with E-state index in [-0.39, 0.29) is 35.2 Å². The van der Waals surface area contributed by atoms with Crippen LogP contribution in [-0.4, -0.2) is 93.1 Å². The number of carbonyl (C=O) groups excluding carboxylic acids is 2. The standard InChI is InChI=1S/C43H58F2N10O2S/c1-28(56)53-22-15-37-35(27-53)41(54-17-5-6-30-24-34(43-48-16-23-58-43)33(40(44)45)25-38(30)54)50-55(37)32-13-18-51(19-14-32)26-29-11-20-52(21-12-29)39(47)10-9-36(46)42(57)49-31-7-3-2-4-8-31/h9-10,16,23-25,29,31-32,40H,2-8,11-15,17-22,26-27,46-47H2,1H3,(H,49,57)/b36-9-,39-10+. The Labute approximate surface area is 344 Å². The van der Waals surface area contributed by atoms with Crippen LogP contribution < -0.4 is 21.7 Å². The number of fused-ring (bicyclic) bond motifs is 2. The predicted molar refractivity (Wildman–Crippen MR) is 223 cm³/mol. The summed E-state index contributed by atoms with van der Waals surface area (Å²) in [4.78, 5) is 38.3. The Bertz CT molecular complexity index is 1990. The number of amides is 2. The Morgan fingerprint density at radius 3 is 2.41 bits per heavy atom. The molecule has 58 heavy (non-hydrogen) atoms. The van der Waals surface area contributed by atoms with E-state index in [1.165, 1.54) is 23.5 Å². The highest BCUT2D eigenvalue weighted by Crippen LogP contribution is 2.44. The van der Waals surface area contributed by atoms with Crippen molar-refractivity contribution in [2.75, 3.05) is 50.7 Å². The maximum absolute atomic E-state index is 14.6. The van der Waals surface area contributed by atoms with Crippen LogP contribution in [0.1, 0.15) is 106 Å².